The van der Waals surface area contributed by atoms with E-state index in [1.165, 1.54) is 30.9 Å². The molecule has 0 radical (unpaired) electrons. The average Bonchev–Trinajstić information content (AvgIpc) is 3.37. The zero-order valence-corrected chi connectivity index (χ0v) is 22.6. The van der Waals surface area contributed by atoms with Gasteiger partial charge in [-0.3, -0.25) is 19.0 Å². The van der Waals surface area contributed by atoms with Crippen molar-refractivity contribution in [2.75, 3.05) is 19.5 Å². The molecular weight excluding hydrogens is 536 g/mol. The van der Waals surface area contributed by atoms with Crippen LogP contribution in [0.5, 0.6) is 11.5 Å². The quantitative estimate of drug-likeness (QED) is 0.339. The van der Waals surface area contributed by atoms with Crippen molar-refractivity contribution in [3.63, 3.8) is 0 Å². The van der Waals surface area contributed by atoms with E-state index >= 15 is 0 Å². The first-order valence-electron chi connectivity index (χ1n) is 12.5. The summed E-state index contributed by atoms with van der Waals surface area (Å²) in [5, 5.41) is 3.13. The summed E-state index contributed by atoms with van der Waals surface area (Å²) in [7, 11) is 2.88. The average molecular weight is 563 g/mol. The Morgan fingerprint density at radius 2 is 1.62 bits per heavy atom. The fourth-order valence-electron chi connectivity index (χ4n) is 5.42. The lowest BCUT2D eigenvalue weighted by molar-refractivity contribution is -0.122. The summed E-state index contributed by atoms with van der Waals surface area (Å²) in [6.07, 6.45) is 0.974. The number of hydrogen-bond acceptors (Lipinski definition) is 6. The van der Waals surface area contributed by atoms with Gasteiger partial charge >= 0.3 is 5.69 Å². The molecule has 0 saturated carbocycles. The standard InChI is InChI=1S/C29H27ClN4O6/c1-39-23-14-24(40-2)21(13-20(23)30)32-25(35)15-33-22-10-6-5-9-19(22)28(37)34(29(33)38)26(27(31)36)18-11-16-7-3-4-8-17(16)12-18/h3-10,13-14,18,26H,11-12,15H2,1-2H3,(H2,31,36)(H,32,35). The van der Waals surface area contributed by atoms with Gasteiger partial charge in [-0.25, -0.2) is 9.36 Å². The Kier molecular flexibility index (Phi) is 7.36. The predicted octanol–water partition coefficient (Wildman–Crippen LogP) is 2.91. The third kappa shape index (κ3) is 4.82. The van der Waals surface area contributed by atoms with Crippen LogP contribution in [0, 0.1) is 5.92 Å². The van der Waals surface area contributed by atoms with Crippen molar-refractivity contribution in [2.24, 2.45) is 11.7 Å². The van der Waals surface area contributed by atoms with E-state index < -0.39 is 41.6 Å². The normalized spacial score (nSPS) is 13.6. The maximum atomic E-state index is 13.9. The number of hydrogen-bond donors (Lipinski definition) is 2. The Morgan fingerprint density at radius 3 is 2.25 bits per heavy atom. The van der Waals surface area contributed by atoms with E-state index in [4.69, 9.17) is 26.8 Å². The van der Waals surface area contributed by atoms with Gasteiger partial charge in [-0.2, -0.15) is 0 Å². The molecule has 1 unspecified atom stereocenters. The van der Waals surface area contributed by atoms with Crippen LogP contribution >= 0.6 is 11.6 Å². The van der Waals surface area contributed by atoms with Gasteiger partial charge in [0.25, 0.3) is 5.56 Å². The SMILES string of the molecule is COc1cc(OC)c(NC(=O)Cn2c(=O)n(C(C(N)=O)C3Cc4ccccc4C3)c(=O)c3ccccc32)cc1Cl. The van der Waals surface area contributed by atoms with E-state index in [0.29, 0.717) is 24.3 Å². The Morgan fingerprint density at radius 1 is 1.00 bits per heavy atom. The van der Waals surface area contributed by atoms with Crippen LogP contribution in [0.25, 0.3) is 10.9 Å². The summed E-state index contributed by atoms with van der Waals surface area (Å²) in [4.78, 5) is 53.6. The van der Waals surface area contributed by atoms with Crippen LogP contribution in [0.2, 0.25) is 5.02 Å². The molecule has 1 atom stereocenters. The Labute approximate surface area is 233 Å². The summed E-state index contributed by atoms with van der Waals surface area (Å²) in [6, 6.07) is 15.9. The number of fused-ring (bicyclic) bond motifs is 2. The van der Waals surface area contributed by atoms with Crippen molar-refractivity contribution >= 4 is 40.0 Å². The topological polar surface area (TPSA) is 135 Å². The number of anilines is 1. The maximum Gasteiger partial charge on any atom is 0.332 e. The first-order chi connectivity index (χ1) is 19.2. The van der Waals surface area contributed by atoms with E-state index in [1.54, 1.807) is 24.3 Å². The van der Waals surface area contributed by atoms with Gasteiger partial charge in [-0.1, -0.05) is 48.0 Å². The molecule has 0 fully saturated rings. The summed E-state index contributed by atoms with van der Waals surface area (Å²) >= 11 is 6.23. The molecule has 0 saturated heterocycles. The maximum absolute atomic E-state index is 13.9. The molecule has 5 rings (SSSR count). The second-order valence-electron chi connectivity index (χ2n) is 9.58. The number of methoxy groups -OCH3 is 2. The van der Waals surface area contributed by atoms with Crippen molar-refractivity contribution in [2.45, 2.75) is 25.4 Å². The Hall–Kier alpha value is -4.57. The van der Waals surface area contributed by atoms with E-state index in [9.17, 15) is 19.2 Å². The molecule has 4 aromatic rings. The molecule has 3 N–H and O–H groups in total. The summed E-state index contributed by atoms with van der Waals surface area (Å²) in [5.74, 6) is -1.11. The highest BCUT2D eigenvalue weighted by molar-refractivity contribution is 6.32. The molecule has 2 amide bonds. The highest BCUT2D eigenvalue weighted by Gasteiger charge is 2.36. The number of amides is 2. The second-order valence-corrected chi connectivity index (χ2v) is 9.99. The van der Waals surface area contributed by atoms with Crippen LogP contribution in [0.1, 0.15) is 17.2 Å². The van der Waals surface area contributed by atoms with E-state index in [1.807, 2.05) is 24.3 Å². The summed E-state index contributed by atoms with van der Waals surface area (Å²) in [6.45, 7) is -0.456. The number of para-hydroxylation sites is 1. The molecule has 206 valence electrons. The predicted molar refractivity (Wildman–Crippen MR) is 151 cm³/mol. The van der Waals surface area contributed by atoms with Gasteiger partial charge < -0.3 is 20.5 Å². The number of halogens is 1. The van der Waals surface area contributed by atoms with Gasteiger partial charge in [0.2, 0.25) is 11.8 Å². The largest absolute Gasteiger partial charge is 0.495 e. The van der Waals surface area contributed by atoms with Gasteiger partial charge in [-0.15, -0.1) is 0 Å². The molecule has 0 bridgehead atoms. The van der Waals surface area contributed by atoms with E-state index in [0.717, 1.165) is 15.7 Å². The number of benzene rings is 3. The number of carbonyl (C=O) groups is 2. The van der Waals surface area contributed by atoms with Crippen molar-refractivity contribution < 1.29 is 19.1 Å². The van der Waals surface area contributed by atoms with Crippen LogP contribution in [0.4, 0.5) is 5.69 Å². The molecule has 0 spiro atoms. The monoisotopic (exact) mass is 562 g/mol. The fourth-order valence-corrected chi connectivity index (χ4v) is 5.66. The number of primary amides is 1. The smallest absolute Gasteiger partial charge is 0.332 e. The third-order valence-corrected chi connectivity index (χ3v) is 7.52. The fraction of sp³-hybridized carbons (Fsp3) is 0.241. The molecule has 3 aromatic carbocycles. The van der Waals surface area contributed by atoms with Gasteiger partial charge in [0.15, 0.2) is 0 Å². The first kappa shape index (κ1) is 27.0. The van der Waals surface area contributed by atoms with Crippen LogP contribution in [-0.2, 0) is 29.0 Å². The number of nitrogens with one attached hydrogen (secondary N) is 1. The van der Waals surface area contributed by atoms with Crippen molar-refractivity contribution in [3.8, 4) is 11.5 Å². The van der Waals surface area contributed by atoms with Crippen LogP contribution in [0.3, 0.4) is 0 Å². The zero-order valence-electron chi connectivity index (χ0n) is 21.8. The van der Waals surface area contributed by atoms with E-state index in [-0.39, 0.29) is 21.6 Å². The minimum atomic E-state index is -1.20. The lowest BCUT2D eigenvalue weighted by Crippen LogP contribution is -2.49. The number of nitrogens with zero attached hydrogens (tertiary/aromatic N) is 2. The molecule has 40 heavy (non-hydrogen) atoms. The highest BCUT2D eigenvalue weighted by Crippen LogP contribution is 2.36. The second kappa shape index (κ2) is 10.9. The summed E-state index contributed by atoms with van der Waals surface area (Å²) in [5.41, 5.74) is 6.98. The van der Waals surface area contributed by atoms with Gasteiger partial charge in [0, 0.05) is 6.07 Å². The minimum Gasteiger partial charge on any atom is -0.495 e. The van der Waals surface area contributed by atoms with Crippen LogP contribution < -0.4 is 31.8 Å². The third-order valence-electron chi connectivity index (χ3n) is 7.23. The summed E-state index contributed by atoms with van der Waals surface area (Å²) < 4.78 is 12.6. The van der Waals surface area contributed by atoms with Crippen LogP contribution in [-0.4, -0.2) is 35.2 Å². The zero-order chi connectivity index (χ0) is 28.6. The van der Waals surface area contributed by atoms with Gasteiger partial charge in [0.1, 0.15) is 24.1 Å². The molecule has 10 nitrogen and oxygen atoms in total. The molecule has 1 heterocycles. The number of nitrogens with two attached hydrogens (primary N) is 1. The minimum absolute atomic E-state index is 0.182. The van der Waals surface area contributed by atoms with Crippen molar-refractivity contribution in [3.05, 3.63) is 97.7 Å². The first-order valence-corrected chi connectivity index (χ1v) is 12.9. The molecule has 1 aliphatic rings. The lowest BCUT2D eigenvalue weighted by Gasteiger charge is -2.24. The van der Waals surface area contributed by atoms with Gasteiger partial charge in [-0.05, 0) is 48.1 Å². The number of rotatable bonds is 8. The lowest BCUT2D eigenvalue weighted by atomic mass is 9.95. The molecule has 11 heteroatoms. The number of aromatic nitrogens is 2. The Balaban J connectivity index is 1.57. The van der Waals surface area contributed by atoms with Crippen molar-refractivity contribution in [1.82, 2.24) is 9.13 Å². The van der Waals surface area contributed by atoms with Crippen LogP contribution in [0.15, 0.2) is 70.3 Å². The van der Waals surface area contributed by atoms with E-state index in [2.05, 4.69) is 5.32 Å². The van der Waals surface area contributed by atoms with Crippen molar-refractivity contribution in [1.29, 1.82) is 0 Å². The Bertz CT molecular complexity index is 1740. The van der Waals surface area contributed by atoms with Gasteiger partial charge in [0.05, 0.1) is 35.8 Å². The number of ether oxygens (including phenoxy) is 2. The number of carbonyl (C=O) groups excluding carboxylic acids is 2. The molecule has 0 aliphatic heterocycles. The molecule has 1 aliphatic carbocycles. The molecular formula is C29H27ClN4O6. The highest BCUT2D eigenvalue weighted by atomic mass is 35.5. The molecule has 1 aromatic heterocycles.